The van der Waals surface area contributed by atoms with E-state index in [2.05, 4.69) is 40.2 Å². The number of hydrogen-bond donors (Lipinski definition) is 1. The number of aromatic nitrogens is 1. The molecule has 0 saturated carbocycles. The van der Waals surface area contributed by atoms with Gasteiger partial charge >= 0.3 is 0 Å². The predicted octanol–water partition coefficient (Wildman–Crippen LogP) is 6.66. The van der Waals surface area contributed by atoms with Crippen molar-refractivity contribution in [3.63, 3.8) is 0 Å². The monoisotopic (exact) mass is 547 g/mol. The average Bonchev–Trinajstić information content (AvgIpc) is 3.51. The van der Waals surface area contributed by atoms with Crippen LogP contribution in [0.4, 0.5) is 0 Å². The zero-order chi connectivity index (χ0) is 28.3. The number of likely N-dealkylation sites (N-methyl/N-ethyl adjacent to an activating group) is 1. The SMILES string of the molecule is COc1cc2c(cc1OC)-c1[nH]c3ccc(OCCN(C)C)cc3c1/C2=N\OC(c1ccccc1)c1ccccc1. The molecule has 0 amide bonds. The molecule has 7 heteroatoms. The van der Waals surface area contributed by atoms with Crippen molar-refractivity contribution in [1.29, 1.82) is 0 Å². The van der Waals surface area contributed by atoms with Crippen molar-refractivity contribution in [3.8, 4) is 28.5 Å². The quantitative estimate of drug-likeness (QED) is 0.194. The van der Waals surface area contributed by atoms with Crippen LogP contribution in [0.2, 0.25) is 0 Å². The van der Waals surface area contributed by atoms with E-state index in [-0.39, 0.29) is 6.10 Å². The Balaban J connectivity index is 1.49. The number of methoxy groups -OCH3 is 2. The third kappa shape index (κ3) is 5.12. The van der Waals surface area contributed by atoms with Crippen LogP contribution in [0.3, 0.4) is 0 Å². The number of H-pyrrole nitrogens is 1. The van der Waals surface area contributed by atoms with E-state index in [9.17, 15) is 0 Å². The van der Waals surface area contributed by atoms with Crippen molar-refractivity contribution in [2.75, 3.05) is 41.5 Å². The number of oxime groups is 1. The molecule has 5 aromatic rings. The Morgan fingerprint density at radius 1 is 0.780 bits per heavy atom. The van der Waals surface area contributed by atoms with E-state index >= 15 is 0 Å². The standard InChI is InChI=1S/C34H33N3O4/c1-37(2)17-18-40-24-15-16-28-27(19-24)31-32(35-28)25-20-29(38-3)30(39-4)21-26(25)33(31)36-41-34(22-11-7-5-8-12-22)23-13-9-6-10-14-23/h5-16,19-21,34-35H,17-18H2,1-4H3/b36-33-. The fraction of sp³-hybridized carbons (Fsp3) is 0.206. The molecule has 0 saturated heterocycles. The van der Waals surface area contributed by atoms with Gasteiger partial charge < -0.3 is 28.9 Å². The summed E-state index contributed by atoms with van der Waals surface area (Å²) in [5.41, 5.74) is 7.55. The number of fused-ring (bicyclic) bond motifs is 5. The lowest BCUT2D eigenvalue weighted by molar-refractivity contribution is 0.0878. The van der Waals surface area contributed by atoms with E-state index in [0.29, 0.717) is 18.1 Å². The molecule has 0 spiro atoms. The number of nitrogens with zero attached hydrogens (tertiary/aromatic N) is 2. The highest BCUT2D eigenvalue weighted by Gasteiger charge is 2.32. The number of hydrogen-bond acceptors (Lipinski definition) is 6. The first-order valence-electron chi connectivity index (χ1n) is 13.6. The first-order chi connectivity index (χ1) is 20.1. The van der Waals surface area contributed by atoms with Gasteiger partial charge in [-0.05, 0) is 55.6 Å². The first kappa shape index (κ1) is 26.5. The third-order valence-electron chi connectivity index (χ3n) is 7.32. The third-order valence-corrected chi connectivity index (χ3v) is 7.32. The van der Waals surface area contributed by atoms with Crippen LogP contribution in [0.15, 0.2) is 96.2 Å². The highest BCUT2D eigenvalue weighted by atomic mass is 16.6. The van der Waals surface area contributed by atoms with Crippen LogP contribution in [0.5, 0.6) is 17.2 Å². The molecule has 6 rings (SSSR count). The van der Waals surface area contributed by atoms with Gasteiger partial charge in [-0.1, -0.05) is 65.8 Å². The summed E-state index contributed by atoms with van der Waals surface area (Å²) in [6, 6.07) is 30.4. The second-order valence-electron chi connectivity index (χ2n) is 10.2. The summed E-state index contributed by atoms with van der Waals surface area (Å²) in [5.74, 6) is 2.08. The molecule has 0 bridgehead atoms. The molecule has 0 aliphatic heterocycles. The Labute approximate surface area is 239 Å². The summed E-state index contributed by atoms with van der Waals surface area (Å²) in [4.78, 5) is 12.2. The maximum absolute atomic E-state index is 6.45. The van der Waals surface area contributed by atoms with Crippen LogP contribution in [0.25, 0.3) is 22.2 Å². The largest absolute Gasteiger partial charge is 0.493 e. The maximum Gasteiger partial charge on any atom is 0.177 e. The van der Waals surface area contributed by atoms with Crippen LogP contribution in [-0.2, 0) is 4.84 Å². The number of benzene rings is 4. The topological polar surface area (TPSA) is 68.3 Å². The molecule has 0 radical (unpaired) electrons. The first-order valence-corrected chi connectivity index (χ1v) is 13.6. The van der Waals surface area contributed by atoms with Gasteiger partial charge in [0.15, 0.2) is 17.6 Å². The van der Waals surface area contributed by atoms with Crippen molar-refractivity contribution in [2.45, 2.75) is 6.10 Å². The van der Waals surface area contributed by atoms with Crippen molar-refractivity contribution in [1.82, 2.24) is 9.88 Å². The van der Waals surface area contributed by atoms with Crippen molar-refractivity contribution >= 4 is 16.6 Å². The predicted molar refractivity (Wildman–Crippen MR) is 162 cm³/mol. The van der Waals surface area contributed by atoms with Crippen molar-refractivity contribution in [3.05, 3.63) is 113 Å². The Morgan fingerprint density at radius 2 is 1.41 bits per heavy atom. The molecular weight excluding hydrogens is 514 g/mol. The molecular formula is C34H33N3O4. The van der Waals surface area contributed by atoms with Gasteiger partial charge in [0.2, 0.25) is 0 Å². The van der Waals surface area contributed by atoms with Gasteiger partial charge in [0.05, 0.1) is 19.9 Å². The number of rotatable bonds is 10. The number of ether oxygens (including phenoxy) is 3. The Hall–Kier alpha value is -4.75. The summed E-state index contributed by atoms with van der Waals surface area (Å²) in [7, 11) is 7.35. The Kier molecular flexibility index (Phi) is 7.35. The van der Waals surface area contributed by atoms with Gasteiger partial charge in [-0.2, -0.15) is 0 Å². The molecule has 4 aromatic carbocycles. The lowest BCUT2D eigenvalue weighted by Gasteiger charge is -2.17. The normalized spacial score (nSPS) is 13.1. The van der Waals surface area contributed by atoms with Crippen LogP contribution in [0, 0.1) is 0 Å². The maximum atomic E-state index is 6.45. The zero-order valence-corrected chi connectivity index (χ0v) is 23.7. The van der Waals surface area contributed by atoms with E-state index in [1.165, 1.54) is 0 Å². The van der Waals surface area contributed by atoms with Gasteiger partial charge in [-0.3, -0.25) is 0 Å². The molecule has 1 aliphatic rings. The molecule has 1 aliphatic carbocycles. The Bertz CT molecular complexity index is 1650. The van der Waals surface area contributed by atoms with Gasteiger partial charge in [0, 0.05) is 34.1 Å². The fourth-order valence-electron chi connectivity index (χ4n) is 5.24. The van der Waals surface area contributed by atoms with E-state index in [4.69, 9.17) is 24.2 Å². The fourth-order valence-corrected chi connectivity index (χ4v) is 5.24. The van der Waals surface area contributed by atoms with Crippen molar-refractivity contribution < 1.29 is 19.0 Å². The molecule has 7 nitrogen and oxygen atoms in total. The van der Waals surface area contributed by atoms with Crippen LogP contribution in [-0.4, -0.2) is 57.1 Å². The van der Waals surface area contributed by atoms with Gasteiger partial charge in [-0.15, -0.1) is 0 Å². The highest BCUT2D eigenvalue weighted by molar-refractivity contribution is 6.30. The second-order valence-corrected chi connectivity index (χ2v) is 10.2. The smallest absolute Gasteiger partial charge is 0.177 e. The minimum absolute atomic E-state index is 0.382. The van der Waals surface area contributed by atoms with E-state index in [1.807, 2.05) is 74.8 Å². The number of nitrogens with one attached hydrogen (secondary N) is 1. The van der Waals surface area contributed by atoms with E-state index in [0.717, 1.165) is 62.4 Å². The molecule has 41 heavy (non-hydrogen) atoms. The minimum Gasteiger partial charge on any atom is -0.493 e. The summed E-state index contributed by atoms with van der Waals surface area (Å²) < 4.78 is 17.4. The van der Waals surface area contributed by atoms with Gasteiger partial charge in [0.1, 0.15) is 18.1 Å². The minimum atomic E-state index is -0.382. The zero-order valence-electron chi connectivity index (χ0n) is 23.7. The van der Waals surface area contributed by atoms with Crippen LogP contribution in [0.1, 0.15) is 28.4 Å². The lowest BCUT2D eigenvalue weighted by Crippen LogP contribution is -2.19. The molecule has 208 valence electrons. The van der Waals surface area contributed by atoms with Crippen LogP contribution >= 0.6 is 0 Å². The van der Waals surface area contributed by atoms with Crippen LogP contribution < -0.4 is 14.2 Å². The Morgan fingerprint density at radius 3 is 2.02 bits per heavy atom. The number of aromatic amines is 1. The lowest BCUT2D eigenvalue weighted by atomic mass is 10.0. The molecule has 1 N–H and O–H groups in total. The van der Waals surface area contributed by atoms with Gasteiger partial charge in [-0.25, -0.2) is 0 Å². The molecule has 0 fully saturated rings. The summed E-state index contributed by atoms with van der Waals surface area (Å²) >= 11 is 0. The molecule has 1 heterocycles. The van der Waals surface area contributed by atoms with Gasteiger partial charge in [0.25, 0.3) is 0 Å². The molecule has 0 atom stereocenters. The highest BCUT2D eigenvalue weighted by Crippen LogP contribution is 2.46. The summed E-state index contributed by atoms with van der Waals surface area (Å²) in [5, 5.41) is 5.89. The van der Waals surface area contributed by atoms with E-state index in [1.54, 1.807) is 14.2 Å². The summed E-state index contributed by atoms with van der Waals surface area (Å²) in [6.45, 7) is 1.43. The average molecular weight is 548 g/mol. The summed E-state index contributed by atoms with van der Waals surface area (Å²) in [6.07, 6.45) is -0.382. The van der Waals surface area contributed by atoms with E-state index < -0.39 is 0 Å². The van der Waals surface area contributed by atoms with Crippen molar-refractivity contribution in [2.24, 2.45) is 5.16 Å². The second kappa shape index (κ2) is 11.4. The molecule has 1 aromatic heterocycles. The molecule has 0 unspecified atom stereocenters.